The lowest BCUT2D eigenvalue weighted by atomic mass is 9.87. The third-order valence-corrected chi connectivity index (χ3v) is 4.94. The largest absolute Gasteiger partial charge is 0.506 e. The highest BCUT2D eigenvalue weighted by Crippen LogP contribution is 2.27. The normalized spacial score (nSPS) is 14.9. The number of anilines is 1. The average molecular weight is 368 g/mol. The molecule has 0 unspecified atom stereocenters. The summed E-state index contributed by atoms with van der Waals surface area (Å²) in [6.45, 7) is 9.20. The van der Waals surface area contributed by atoms with Crippen molar-refractivity contribution in [2.24, 2.45) is 0 Å². The molecule has 0 aromatic heterocycles. The molecule has 1 aliphatic heterocycles. The minimum Gasteiger partial charge on any atom is -0.506 e. The van der Waals surface area contributed by atoms with Crippen LogP contribution in [0, 0.1) is 0 Å². The van der Waals surface area contributed by atoms with Gasteiger partial charge in [-0.25, -0.2) is 0 Å². The molecule has 144 valence electrons. The maximum Gasteiger partial charge on any atom is 0.260 e. The number of carbonyl (C=O) groups is 1. The van der Waals surface area contributed by atoms with E-state index in [2.05, 4.69) is 25.7 Å². The van der Waals surface area contributed by atoms with Crippen molar-refractivity contribution in [3.63, 3.8) is 0 Å². The first-order valence-electron chi connectivity index (χ1n) is 9.38. The van der Waals surface area contributed by atoms with E-state index in [1.54, 1.807) is 6.07 Å². The van der Waals surface area contributed by atoms with E-state index in [1.165, 1.54) is 5.56 Å². The minimum absolute atomic E-state index is 0.00756. The fourth-order valence-electron chi connectivity index (χ4n) is 3.22. The standard InChI is InChI=1S/C22H28N2O3/c1-22(2,3)17-8-10-18(11-9-17)27-16-21(26)24-14-12-23(13-15-24)19-6-4-5-7-20(19)25/h4-11,25H,12-16H2,1-3H3. The highest BCUT2D eigenvalue weighted by Gasteiger charge is 2.23. The summed E-state index contributed by atoms with van der Waals surface area (Å²) in [5.41, 5.74) is 2.16. The van der Waals surface area contributed by atoms with Crippen molar-refractivity contribution < 1.29 is 14.6 Å². The highest BCUT2D eigenvalue weighted by molar-refractivity contribution is 5.78. The molecular formula is C22H28N2O3. The van der Waals surface area contributed by atoms with Gasteiger partial charge in [0.25, 0.3) is 5.91 Å². The Labute approximate surface area is 161 Å². The van der Waals surface area contributed by atoms with E-state index in [1.807, 2.05) is 47.4 Å². The van der Waals surface area contributed by atoms with E-state index >= 15 is 0 Å². The quantitative estimate of drug-likeness (QED) is 0.898. The molecule has 0 spiro atoms. The second-order valence-electron chi connectivity index (χ2n) is 7.92. The number of hydrogen-bond acceptors (Lipinski definition) is 4. The van der Waals surface area contributed by atoms with Crippen LogP contribution < -0.4 is 9.64 Å². The Hall–Kier alpha value is -2.69. The van der Waals surface area contributed by atoms with Crippen LogP contribution in [0.3, 0.4) is 0 Å². The Bertz CT molecular complexity index is 773. The molecule has 27 heavy (non-hydrogen) atoms. The van der Waals surface area contributed by atoms with Gasteiger partial charge in [-0.1, -0.05) is 45.0 Å². The fraction of sp³-hybridized carbons (Fsp3) is 0.409. The second-order valence-corrected chi connectivity index (χ2v) is 7.92. The zero-order chi connectivity index (χ0) is 19.4. The van der Waals surface area contributed by atoms with Crippen molar-refractivity contribution >= 4 is 11.6 Å². The number of phenolic OH excluding ortho intramolecular Hbond substituents is 1. The van der Waals surface area contributed by atoms with E-state index in [9.17, 15) is 9.90 Å². The summed E-state index contributed by atoms with van der Waals surface area (Å²) >= 11 is 0. The molecule has 0 radical (unpaired) electrons. The molecule has 1 fully saturated rings. The summed E-state index contributed by atoms with van der Waals surface area (Å²) in [4.78, 5) is 16.4. The maximum absolute atomic E-state index is 12.4. The van der Waals surface area contributed by atoms with Crippen LogP contribution in [0.2, 0.25) is 0 Å². The molecular weight excluding hydrogens is 340 g/mol. The smallest absolute Gasteiger partial charge is 0.260 e. The van der Waals surface area contributed by atoms with Crippen molar-refractivity contribution in [3.05, 3.63) is 54.1 Å². The molecule has 5 nitrogen and oxygen atoms in total. The van der Waals surface area contributed by atoms with Crippen molar-refractivity contribution in [1.82, 2.24) is 4.90 Å². The monoisotopic (exact) mass is 368 g/mol. The first-order valence-corrected chi connectivity index (χ1v) is 9.38. The first-order chi connectivity index (χ1) is 12.8. The van der Waals surface area contributed by atoms with Crippen LogP contribution in [0.5, 0.6) is 11.5 Å². The van der Waals surface area contributed by atoms with Gasteiger partial charge in [0.2, 0.25) is 0 Å². The number of benzene rings is 2. The van der Waals surface area contributed by atoms with Gasteiger partial charge in [-0.05, 0) is 35.2 Å². The molecule has 0 aliphatic carbocycles. The Balaban J connectivity index is 1.49. The number of piperazine rings is 1. The summed E-state index contributed by atoms with van der Waals surface area (Å²) in [5.74, 6) is 0.982. The van der Waals surface area contributed by atoms with E-state index in [0.717, 1.165) is 5.69 Å². The number of amides is 1. The average Bonchev–Trinajstić information content (AvgIpc) is 2.66. The van der Waals surface area contributed by atoms with Crippen molar-refractivity contribution in [3.8, 4) is 11.5 Å². The third-order valence-electron chi connectivity index (χ3n) is 4.94. The predicted molar refractivity (Wildman–Crippen MR) is 108 cm³/mol. The maximum atomic E-state index is 12.4. The van der Waals surface area contributed by atoms with Crippen LogP contribution >= 0.6 is 0 Å². The molecule has 1 amide bonds. The summed E-state index contributed by atoms with van der Waals surface area (Å²) in [6.07, 6.45) is 0. The highest BCUT2D eigenvalue weighted by atomic mass is 16.5. The molecule has 5 heteroatoms. The second kappa shape index (κ2) is 7.91. The molecule has 1 N–H and O–H groups in total. The van der Waals surface area contributed by atoms with E-state index < -0.39 is 0 Å². The van der Waals surface area contributed by atoms with Gasteiger partial charge >= 0.3 is 0 Å². The molecule has 1 saturated heterocycles. The van der Waals surface area contributed by atoms with Gasteiger partial charge in [-0.15, -0.1) is 0 Å². The van der Waals surface area contributed by atoms with Crippen LogP contribution in [-0.2, 0) is 10.2 Å². The number of para-hydroxylation sites is 2. The summed E-state index contributed by atoms with van der Waals surface area (Å²) < 4.78 is 5.67. The summed E-state index contributed by atoms with van der Waals surface area (Å²) in [6, 6.07) is 15.2. The van der Waals surface area contributed by atoms with Gasteiger partial charge in [0.1, 0.15) is 11.5 Å². The Morgan fingerprint density at radius 3 is 2.22 bits per heavy atom. The van der Waals surface area contributed by atoms with Crippen LogP contribution in [0.25, 0.3) is 0 Å². The third kappa shape index (κ3) is 4.73. The van der Waals surface area contributed by atoms with Crippen molar-refractivity contribution in [2.45, 2.75) is 26.2 Å². The number of rotatable bonds is 4. The number of aromatic hydroxyl groups is 1. The molecule has 0 saturated carbocycles. The van der Waals surface area contributed by atoms with Gasteiger partial charge in [-0.2, -0.15) is 0 Å². The predicted octanol–water partition coefficient (Wildman–Crippen LogP) is 3.42. The lowest BCUT2D eigenvalue weighted by Crippen LogP contribution is -2.50. The summed E-state index contributed by atoms with van der Waals surface area (Å²) in [5, 5.41) is 9.98. The molecule has 1 heterocycles. The van der Waals surface area contributed by atoms with Crippen LogP contribution in [0.15, 0.2) is 48.5 Å². The lowest BCUT2D eigenvalue weighted by molar-refractivity contribution is -0.133. The van der Waals surface area contributed by atoms with E-state index in [4.69, 9.17) is 4.74 Å². The van der Waals surface area contributed by atoms with Gasteiger partial charge in [0.15, 0.2) is 6.61 Å². The zero-order valence-corrected chi connectivity index (χ0v) is 16.3. The molecule has 0 atom stereocenters. The molecule has 1 aliphatic rings. The van der Waals surface area contributed by atoms with Crippen LogP contribution in [0.1, 0.15) is 26.3 Å². The SMILES string of the molecule is CC(C)(C)c1ccc(OCC(=O)N2CCN(c3ccccc3O)CC2)cc1. The number of phenols is 1. The number of hydrogen-bond donors (Lipinski definition) is 1. The topological polar surface area (TPSA) is 53.0 Å². The van der Waals surface area contributed by atoms with E-state index in [-0.39, 0.29) is 23.7 Å². The molecule has 2 aromatic rings. The molecule has 0 bridgehead atoms. The Morgan fingerprint density at radius 2 is 1.63 bits per heavy atom. The Kier molecular flexibility index (Phi) is 5.59. The minimum atomic E-state index is -0.00756. The Morgan fingerprint density at radius 1 is 1.00 bits per heavy atom. The summed E-state index contributed by atoms with van der Waals surface area (Å²) in [7, 11) is 0. The van der Waals surface area contributed by atoms with Crippen molar-refractivity contribution in [2.75, 3.05) is 37.7 Å². The fourth-order valence-corrected chi connectivity index (χ4v) is 3.22. The van der Waals surface area contributed by atoms with Gasteiger partial charge in [0, 0.05) is 26.2 Å². The van der Waals surface area contributed by atoms with Crippen LogP contribution in [0.4, 0.5) is 5.69 Å². The molecule has 3 rings (SSSR count). The number of nitrogens with zero attached hydrogens (tertiary/aromatic N) is 2. The van der Waals surface area contributed by atoms with Crippen molar-refractivity contribution in [1.29, 1.82) is 0 Å². The molecule has 2 aromatic carbocycles. The first kappa shape index (κ1) is 19.1. The van der Waals surface area contributed by atoms with Gasteiger partial charge in [0.05, 0.1) is 5.69 Å². The lowest BCUT2D eigenvalue weighted by Gasteiger charge is -2.36. The zero-order valence-electron chi connectivity index (χ0n) is 16.3. The van der Waals surface area contributed by atoms with Gasteiger partial charge in [-0.3, -0.25) is 4.79 Å². The van der Waals surface area contributed by atoms with Crippen LogP contribution in [-0.4, -0.2) is 48.7 Å². The van der Waals surface area contributed by atoms with E-state index in [0.29, 0.717) is 31.9 Å². The number of carbonyl (C=O) groups excluding carboxylic acids is 1. The van der Waals surface area contributed by atoms with Gasteiger partial charge < -0.3 is 19.6 Å². The number of ether oxygens (including phenoxy) is 1.